The van der Waals surface area contributed by atoms with Crippen LogP contribution in [0.4, 0.5) is 11.5 Å². The van der Waals surface area contributed by atoms with Crippen molar-refractivity contribution in [2.24, 2.45) is 0 Å². The molecular formula is C34H41N7O3. The Morgan fingerprint density at radius 3 is 2.75 bits per heavy atom. The molecule has 10 nitrogen and oxygen atoms in total. The number of benzene rings is 2. The summed E-state index contributed by atoms with van der Waals surface area (Å²) in [5.74, 6) is 0.886. The summed E-state index contributed by atoms with van der Waals surface area (Å²) in [6, 6.07) is 14.6. The van der Waals surface area contributed by atoms with Gasteiger partial charge in [-0.2, -0.15) is 15.2 Å². The number of rotatable bonds is 9. The lowest BCUT2D eigenvalue weighted by molar-refractivity contribution is -0.128. The summed E-state index contributed by atoms with van der Waals surface area (Å²) in [5.41, 5.74) is 2.72. The van der Waals surface area contributed by atoms with E-state index in [-0.39, 0.29) is 29.7 Å². The molecule has 3 aromatic rings. The van der Waals surface area contributed by atoms with E-state index in [2.05, 4.69) is 54.3 Å². The highest BCUT2D eigenvalue weighted by atomic mass is 16.5. The first kappa shape index (κ1) is 29.7. The van der Waals surface area contributed by atoms with Crippen molar-refractivity contribution in [3.8, 4) is 17.8 Å². The summed E-state index contributed by atoms with van der Waals surface area (Å²) in [6.07, 6.45) is 4.68. The molecule has 0 spiro atoms. The number of phenolic OH excluding ortho intramolecular Hbond substituents is 1. The van der Waals surface area contributed by atoms with Crippen molar-refractivity contribution in [1.82, 2.24) is 19.8 Å². The number of piperazine rings is 1. The van der Waals surface area contributed by atoms with E-state index >= 15 is 0 Å². The minimum atomic E-state index is -0.265. The second kappa shape index (κ2) is 12.0. The van der Waals surface area contributed by atoms with E-state index < -0.39 is 0 Å². The SMILES string of the molecule is C=CC(=O)N1CCN(c2nc(OCC(C)(C)N(C)C3CC3)nc3c2CCN(c2cc(O)cc4ccccc24)C3)C[C@@H]1CC#N. The predicted molar refractivity (Wildman–Crippen MR) is 171 cm³/mol. The molecule has 2 fully saturated rings. The molecule has 230 valence electrons. The number of phenols is 1. The summed E-state index contributed by atoms with van der Waals surface area (Å²) in [5, 5.41) is 22.1. The highest BCUT2D eigenvalue weighted by molar-refractivity contribution is 5.95. The van der Waals surface area contributed by atoms with Gasteiger partial charge in [0, 0.05) is 60.5 Å². The summed E-state index contributed by atoms with van der Waals surface area (Å²) < 4.78 is 6.37. The third-order valence-corrected chi connectivity index (χ3v) is 9.36. The third-order valence-electron chi connectivity index (χ3n) is 9.36. The number of aromatic nitrogens is 2. The molecular weight excluding hydrogens is 554 g/mol. The molecule has 1 N–H and O–H groups in total. The maximum atomic E-state index is 12.6. The van der Waals surface area contributed by atoms with Crippen LogP contribution in [0.5, 0.6) is 11.8 Å². The summed E-state index contributed by atoms with van der Waals surface area (Å²) in [7, 11) is 2.15. The number of nitriles is 1. The van der Waals surface area contributed by atoms with Crippen molar-refractivity contribution in [2.75, 3.05) is 49.6 Å². The molecule has 1 amide bonds. The molecule has 3 aliphatic rings. The molecule has 1 aliphatic carbocycles. The first-order valence-corrected chi connectivity index (χ1v) is 15.5. The number of fused-ring (bicyclic) bond motifs is 2. The van der Waals surface area contributed by atoms with Crippen molar-refractivity contribution in [1.29, 1.82) is 5.26 Å². The van der Waals surface area contributed by atoms with Gasteiger partial charge in [0.15, 0.2) is 0 Å². The predicted octanol–water partition coefficient (Wildman–Crippen LogP) is 4.27. The lowest BCUT2D eigenvalue weighted by atomic mass is 10.0. The van der Waals surface area contributed by atoms with Gasteiger partial charge >= 0.3 is 6.01 Å². The fraction of sp³-hybridized carbons (Fsp3) is 0.471. The Morgan fingerprint density at radius 2 is 2.00 bits per heavy atom. The average molecular weight is 596 g/mol. The smallest absolute Gasteiger partial charge is 0.318 e. The first-order valence-electron chi connectivity index (χ1n) is 15.5. The van der Waals surface area contributed by atoms with Crippen molar-refractivity contribution in [3.05, 3.63) is 60.3 Å². The molecule has 2 aliphatic heterocycles. The van der Waals surface area contributed by atoms with Crippen molar-refractivity contribution in [3.63, 3.8) is 0 Å². The van der Waals surface area contributed by atoms with Gasteiger partial charge in [0.2, 0.25) is 5.91 Å². The lowest BCUT2D eigenvalue weighted by Gasteiger charge is -2.42. The van der Waals surface area contributed by atoms with Crippen LogP contribution in [0.25, 0.3) is 10.8 Å². The van der Waals surface area contributed by atoms with Crippen LogP contribution in [0.15, 0.2) is 49.1 Å². The van der Waals surface area contributed by atoms with Crippen molar-refractivity contribution >= 4 is 28.2 Å². The van der Waals surface area contributed by atoms with Crippen molar-refractivity contribution < 1.29 is 14.6 Å². The zero-order valence-electron chi connectivity index (χ0n) is 25.9. The van der Waals surface area contributed by atoms with Gasteiger partial charge in [0.1, 0.15) is 18.2 Å². The Hall–Kier alpha value is -4.36. The van der Waals surface area contributed by atoms with E-state index in [4.69, 9.17) is 14.7 Å². The maximum Gasteiger partial charge on any atom is 0.318 e. The summed E-state index contributed by atoms with van der Waals surface area (Å²) in [4.78, 5) is 31.1. The Kier molecular flexibility index (Phi) is 8.08. The highest BCUT2D eigenvalue weighted by Crippen LogP contribution is 2.37. The minimum Gasteiger partial charge on any atom is -0.508 e. The number of hydrogen-bond acceptors (Lipinski definition) is 9. The molecule has 0 bridgehead atoms. The van der Waals surface area contributed by atoms with Crippen LogP contribution >= 0.6 is 0 Å². The van der Waals surface area contributed by atoms with Crippen LogP contribution in [0.2, 0.25) is 0 Å². The Morgan fingerprint density at radius 1 is 1.20 bits per heavy atom. The van der Waals surface area contributed by atoms with Gasteiger partial charge in [-0.25, -0.2) is 0 Å². The number of carbonyl (C=O) groups is 1. The Labute approximate surface area is 259 Å². The number of nitrogens with zero attached hydrogens (tertiary/aromatic N) is 7. The molecule has 1 atom stereocenters. The molecule has 1 saturated carbocycles. The van der Waals surface area contributed by atoms with Crippen LogP contribution in [-0.2, 0) is 17.8 Å². The van der Waals surface area contributed by atoms with E-state index in [0.29, 0.717) is 51.3 Å². The molecule has 1 saturated heterocycles. The quantitative estimate of drug-likeness (QED) is 0.363. The van der Waals surface area contributed by atoms with Gasteiger partial charge in [0.05, 0.1) is 30.8 Å². The molecule has 1 aromatic heterocycles. The monoisotopic (exact) mass is 595 g/mol. The maximum absolute atomic E-state index is 12.6. The minimum absolute atomic E-state index is 0.158. The molecule has 0 radical (unpaired) electrons. The van der Waals surface area contributed by atoms with E-state index in [1.807, 2.05) is 24.3 Å². The molecule has 3 heterocycles. The Bertz CT molecular complexity index is 1610. The number of likely N-dealkylation sites (N-methyl/N-ethyl adjacent to an activating group) is 1. The second-order valence-corrected chi connectivity index (χ2v) is 12.8. The van der Waals surface area contributed by atoms with Gasteiger partial charge in [-0.1, -0.05) is 30.8 Å². The van der Waals surface area contributed by atoms with Gasteiger partial charge in [-0.05, 0) is 57.7 Å². The normalized spacial score (nSPS) is 18.7. The summed E-state index contributed by atoms with van der Waals surface area (Å²) >= 11 is 0. The average Bonchev–Trinajstić information content (AvgIpc) is 3.88. The van der Waals surface area contributed by atoms with Gasteiger partial charge in [-0.15, -0.1) is 0 Å². The van der Waals surface area contributed by atoms with Gasteiger partial charge < -0.3 is 24.5 Å². The van der Waals surface area contributed by atoms with Gasteiger partial charge in [-0.3, -0.25) is 9.69 Å². The number of hydrogen-bond donors (Lipinski definition) is 1. The largest absolute Gasteiger partial charge is 0.508 e. The lowest BCUT2D eigenvalue weighted by Crippen LogP contribution is -2.55. The van der Waals surface area contributed by atoms with Crippen LogP contribution in [0, 0.1) is 11.3 Å². The number of carbonyl (C=O) groups excluding carboxylic acids is 1. The van der Waals surface area contributed by atoms with E-state index in [0.717, 1.165) is 40.1 Å². The topological polar surface area (TPSA) is 109 Å². The number of anilines is 2. The van der Waals surface area contributed by atoms with E-state index in [1.54, 1.807) is 11.0 Å². The fourth-order valence-corrected chi connectivity index (χ4v) is 6.49. The van der Waals surface area contributed by atoms with E-state index in [1.165, 1.54) is 18.9 Å². The number of aromatic hydroxyl groups is 1. The van der Waals surface area contributed by atoms with Crippen LogP contribution in [-0.4, -0.2) is 88.2 Å². The molecule has 44 heavy (non-hydrogen) atoms. The van der Waals surface area contributed by atoms with Crippen molar-refractivity contribution in [2.45, 2.75) is 63.7 Å². The second-order valence-electron chi connectivity index (χ2n) is 12.8. The van der Waals surface area contributed by atoms with Crippen LogP contribution in [0.3, 0.4) is 0 Å². The fourth-order valence-electron chi connectivity index (χ4n) is 6.49. The van der Waals surface area contributed by atoms with Gasteiger partial charge in [0.25, 0.3) is 0 Å². The molecule has 6 rings (SSSR count). The zero-order chi connectivity index (χ0) is 31.0. The standard InChI is InChI=1S/C34H41N7O3/c1-5-31(43)41-17-16-40(20-25(41)12-14-35)32-28-13-15-39(30-19-26(42)18-23-8-6-7-9-27(23)30)21-29(28)36-33(37-32)44-22-34(2,3)38(4)24-10-11-24/h5-9,18-19,24-25,42H,1,10-13,15-17,20-22H2,2-4H3/t25-/m0/s1. The zero-order valence-corrected chi connectivity index (χ0v) is 25.9. The van der Waals surface area contributed by atoms with Crippen LogP contribution in [0.1, 0.15) is 44.4 Å². The number of amides is 1. The first-order chi connectivity index (χ1) is 21.2. The Balaban J connectivity index is 1.34. The summed E-state index contributed by atoms with van der Waals surface area (Å²) in [6.45, 7) is 11.3. The third kappa shape index (κ3) is 5.89. The highest BCUT2D eigenvalue weighted by Gasteiger charge is 2.37. The number of ether oxygens (including phenoxy) is 1. The molecule has 2 aromatic carbocycles. The molecule has 0 unspecified atom stereocenters. The van der Waals surface area contributed by atoms with Crippen LogP contribution < -0.4 is 14.5 Å². The molecule has 10 heteroatoms. The van der Waals surface area contributed by atoms with E-state index in [9.17, 15) is 15.2 Å².